The molecule has 29 heavy (non-hydrogen) atoms. The van der Waals surface area contributed by atoms with Crippen LogP contribution in [-0.4, -0.2) is 60.3 Å². The molecule has 1 fully saturated rings. The van der Waals surface area contributed by atoms with Crippen molar-refractivity contribution in [2.24, 2.45) is 5.92 Å². The summed E-state index contributed by atoms with van der Waals surface area (Å²) in [7, 11) is -1.68. The minimum atomic E-state index is -1.68. The Morgan fingerprint density at radius 2 is 1.93 bits per heavy atom. The third-order valence-electron chi connectivity index (χ3n) is 4.83. The lowest BCUT2D eigenvalue weighted by molar-refractivity contribution is -0.123. The molecule has 1 aromatic carbocycles. The van der Waals surface area contributed by atoms with Gasteiger partial charge in [-0.15, -0.1) is 0 Å². The molecule has 1 heterocycles. The summed E-state index contributed by atoms with van der Waals surface area (Å²) in [4.78, 5) is 25.2. The molecule has 1 aliphatic heterocycles. The zero-order chi connectivity index (χ0) is 21.2. The average molecular weight is 405 g/mol. The third-order valence-corrected chi connectivity index (χ3v) is 4.83. The standard InChI is InChI=1S/C20H32BN3O5/c1-14(2)11-18(21(27)28)24-20(26)23-17(12-15-7-4-3-5-8-15)19(25)22-13-16-9-6-10-29-16/h3-5,7-8,14,16-18,27-28H,6,9-13H2,1-2H3,(H,22,25)(H2,23,24,26)/t16?,17-,18-/m0/s1. The van der Waals surface area contributed by atoms with E-state index in [1.54, 1.807) is 0 Å². The molecule has 0 spiro atoms. The van der Waals surface area contributed by atoms with Crippen molar-refractivity contribution >= 4 is 19.1 Å². The van der Waals surface area contributed by atoms with Crippen LogP contribution in [0.4, 0.5) is 4.79 Å². The molecule has 1 saturated heterocycles. The topological polar surface area (TPSA) is 120 Å². The molecule has 1 unspecified atom stereocenters. The first-order valence-corrected chi connectivity index (χ1v) is 10.2. The van der Waals surface area contributed by atoms with Crippen molar-refractivity contribution < 1.29 is 24.4 Å². The van der Waals surface area contributed by atoms with E-state index in [2.05, 4.69) is 16.0 Å². The van der Waals surface area contributed by atoms with Crippen LogP contribution in [0.3, 0.4) is 0 Å². The molecule has 2 rings (SSSR count). The van der Waals surface area contributed by atoms with E-state index < -0.39 is 25.1 Å². The Balaban J connectivity index is 1.98. The summed E-state index contributed by atoms with van der Waals surface area (Å²) in [6.45, 7) is 4.95. The van der Waals surface area contributed by atoms with Gasteiger partial charge < -0.3 is 30.7 Å². The first-order chi connectivity index (χ1) is 13.8. The summed E-state index contributed by atoms with van der Waals surface area (Å²) in [5, 5.41) is 27.1. The number of rotatable bonds is 10. The molecular formula is C20H32BN3O5. The van der Waals surface area contributed by atoms with Crippen molar-refractivity contribution in [2.45, 2.75) is 57.6 Å². The Morgan fingerprint density at radius 1 is 1.21 bits per heavy atom. The Kier molecular flexibility index (Phi) is 9.43. The summed E-state index contributed by atoms with van der Waals surface area (Å²) >= 11 is 0. The molecule has 3 amide bonds. The van der Waals surface area contributed by atoms with Crippen LogP contribution in [0.25, 0.3) is 0 Å². The van der Waals surface area contributed by atoms with Crippen molar-refractivity contribution in [3.8, 4) is 0 Å². The van der Waals surface area contributed by atoms with Gasteiger partial charge in [0.15, 0.2) is 0 Å². The molecule has 9 heteroatoms. The quantitative estimate of drug-likeness (QED) is 0.366. The van der Waals surface area contributed by atoms with Crippen molar-refractivity contribution in [1.82, 2.24) is 16.0 Å². The molecule has 0 aromatic heterocycles. The zero-order valence-corrected chi connectivity index (χ0v) is 17.1. The van der Waals surface area contributed by atoms with Crippen LogP contribution >= 0.6 is 0 Å². The van der Waals surface area contributed by atoms with E-state index in [4.69, 9.17) is 4.74 Å². The number of amides is 3. The maximum atomic E-state index is 12.7. The van der Waals surface area contributed by atoms with Gasteiger partial charge in [-0.3, -0.25) is 4.79 Å². The third kappa shape index (κ3) is 8.43. The first kappa shape index (κ1) is 23.2. The largest absolute Gasteiger partial charge is 0.475 e. The molecule has 0 aliphatic carbocycles. The van der Waals surface area contributed by atoms with Crippen molar-refractivity contribution in [3.05, 3.63) is 35.9 Å². The number of carbonyl (C=O) groups excluding carboxylic acids is 2. The number of nitrogens with one attached hydrogen (secondary N) is 3. The Labute approximate surface area is 172 Å². The summed E-state index contributed by atoms with van der Waals surface area (Å²) in [5.41, 5.74) is 0.908. The van der Waals surface area contributed by atoms with Crippen LogP contribution in [0.2, 0.25) is 0 Å². The highest BCUT2D eigenvalue weighted by Gasteiger charge is 2.28. The van der Waals surface area contributed by atoms with Crippen LogP contribution in [0.1, 0.15) is 38.7 Å². The van der Waals surface area contributed by atoms with Gasteiger partial charge in [-0.1, -0.05) is 44.2 Å². The summed E-state index contributed by atoms with van der Waals surface area (Å²) < 4.78 is 5.53. The van der Waals surface area contributed by atoms with E-state index in [1.807, 2.05) is 44.2 Å². The minimum absolute atomic E-state index is 0.00473. The summed E-state index contributed by atoms with van der Waals surface area (Å²) in [5.74, 6) is -0.955. The second-order valence-corrected chi connectivity index (χ2v) is 7.89. The van der Waals surface area contributed by atoms with E-state index in [0.717, 1.165) is 18.4 Å². The van der Waals surface area contributed by atoms with E-state index in [0.29, 0.717) is 26.0 Å². The lowest BCUT2D eigenvalue weighted by Gasteiger charge is -2.23. The van der Waals surface area contributed by atoms with Crippen molar-refractivity contribution in [2.75, 3.05) is 13.2 Å². The molecule has 160 valence electrons. The van der Waals surface area contributed by atoms with Gasteiger partial charge in [-0.25, -0.2) is 4.79 Å². The highest BCUT2D eigenvalue weighted by atomic mass is 16.5. The van der Waals surface area contributed by atoms with Gasteiger partial charge in [-0.05, 0) is 30.7 Å². The first-order valence-electron chi connectivity index (χ1n) is 10.2. The van der Waals surface area contributed by atoms with Crippen LogP contribution in [-0.2, 0) is 16.0 Å². The van der Waals surface area contributed by atoms with E-state index in [9.17, 15) is 19.6 Å². The Hall–Kier alpha value is -2.10. The highest BCUT2D eigenvalue weighted by Crippen LogP contribution is 2.11. The fourth-order valence-electron chi connectivity index (χ4n) is 3.33. The Bertz CT molecular complexity index is 638. The number of benzene rings is 1. The maximum absolute atomic E-state index is 12.7. The van der Waals surface area contributed by atoms with Crippen LogP contribution in [0, 0.1) is 5.92 Å². The monoisotopic (exact) mass is 405 g/mol. The molecular weight excluding hydrogens is 373 g/mol. The second kappa shape index (κ2) is 11.8. The van der Waals surface area contributed by atoms with E-state index >= 15 is 0 Å². The SMILES string of the molecule is CC(C)C[C@H](NC(=O)N[C@@H](Cc1ccccc1)C(=O)NCC1CCCO1)B(O)O. The fraction of sp³-hybridized carbons (Fsp3) is 0.600. The maximum Gasteiger partial charge on any atom is 0.475 e. The van der Waals surface area contributed by atoms with E-state index in [-0.39, 0.29) is 17.9 Å². The van der Waals surface area contributed by atoms with Gasteiger partial charge in [0, 0.05) is 19.6 Å². The predicted octanol–water partition coefficient (Wildman–Crippen LogP) is 0.619. The highest BCUT2D eigenvalue weighted by molar-refractivity contribution is 6.43. The molecule has 0 saturated carbocycles. The summed E-state index contributed by atoms with van der Waals surface area (Å²) in [6.07, 6.45) is 2.62. The van der Waals surface area contributed by atoms with Gasteiger partial charge in [0.2, 0.25) is 5.91 Å². The van der Waals surface area contributed by atoms with Gasteiger partial charge in [0.1, 0.15) is 6.04 Å². The number of urea groups is 1. The predicted molar refractivity (Wildman–Crippen MR) is 111 cm³/mol. The lowest BCUT2D eigenvalue weighted by Crippen LogP contribution is -2.56. The number of hydrogen-bond donors (Lipinski definition) is 5. The molecule has 1 aliphatic rings. The van der Waals surface area contributed by atoms with Gasteiger partial charge in [0.25, 0.3) is 0 Å². The average Bonchev–Trinajstić information content (AvgIpc) is 3.19. The molecule has 0 bridgehead atoms. The number of hydrogen-bond acceptors (Lipinski definition) is 5. The molecule has 8 nitrogen and oxygen atoms in total. The van der Waals surface area contributed by atoms with Crippen LogP contribution < -0.4 is 16.0 Å². The number of carbonyl (C=O) groups is 2. The van der Waals surface area contributed by atoms with Crippen LogP contribution in [0.15, 0.2) is 30.3 Å². The molecule has 5 N–H and O–H groups in total. The van der Waals surface area contributed by atoms with Gasteiger partial charge >= 0.3 is 13.1 Å². The van der Waals surface area contributed by atoms with Gasteiger partial charge in [-0.2, -0.15) is 0 Å². The molecule has 3 atom stereocenters. The normalized spacial score (nSPS) is 18.2. The van der Waals surface area contributed by atoms with Gasteiger partial charge in [0.05, 0.1) is 12.0 Å². The Morgan fingerprint density at radius 3 is 2.52 bits per heavy atom. The summed E-state index contributed by atoms with van der Waals surface area (Å²) in [6, 6.07) is 7.99. The van der Waals surface area contributed by atoms with Crippen molar-refractivity contribution in [1.29, 1.82) is 0 Å². The minimum Gasteiger partial charge on any atom is -0.426 e. The molecule has 1 aromatic rings. The lowest BCUT2D eigenvalue weighted by atomic mass is 9.75. The molecule has 0 radical (unpaired) electrons. The number of ether oxygens (including phenoxy) is 1. The second-order valence-electron chi connectivity index (χ2n) is 7.89. The van der Waals surface area contributed by atoms with E-state index in [1.165, 1.54) is 0 Å². The smallest absolute Gasteiger partial charge is 0.426 e. The fourth-order valence-corrected chi connectivity index (χ4v) is 3.33. The van der Waals surface area contributed by atoms with Crippen molar-refractivity contribution in [3.63, 3.8) is 0 Å². The van der Waals surface area contributed by atoms with Crippen LogP contribution in [0.5, 0.6) is 0 Å². The zero-order valence-electron chi connectivity index (χ0n) is 17.1.